The van der Waals surface area contributed by atoms with Gasteiger partial charge in [0.05, 0.1) is 18.1 Å². The van der Waals surface area contributed by atoms with Crippen molar-refractivity contribution in [2.24, 2.45) is 0 Å². The van der Waals surface area contributed by atoms with Crippen molar-refractivity contribution in [2.75, 3.05) is 23.4 Å². The predicted octanol–water partition coefficient (Wildman–Crippen LogP) is 3.21. The summed E-state index contributed by atoms with van der Waals surface area (Å²) in [5.41, 5.74) is 0.880. The third-order valence-corrected chi connectivity index (χ3v) is 7.37. The van der Waals surface area contributed by atoms with Gasteiger partial charge in [0, 0.05) is 22.2 Å². The number of carbonyl (C=O) groups excluding carboxylic acids is 1. The summed E-state index contributed by atoms with van der Waals surface area (Å²) in [6, 6.07) is 7.72. The average molecular weight is 429 g/mol. The first-order chi connectivity index (χ1) is 11.9. The molecule has 1 amide bonds. The summed E-state index contributed by atoms with van der Waals surface area (Å²) in [5.74, 6) is 0.327. The van der Waals surface area contributed by atoms with E-state index < -0.39 is 9.84 Å². The Balaban J connectivity index is 1.70. The number of anilines is 1. The maximum atomic E-state index is 13.0. The first-order valence-electron chi connectivity index (χ1n) is 8.96. The molecule has 1 aromatic rings. The molecule has 138 valence electrons. The molecule has 7 heteroatoms. The SMILES string of the molecule is O=C(CNc1cccc(Br)c1)N(C1CCCCC1)C1CCS(=O)(=O)C1. The highest BCUT2D eigenvalue weighted by Gasteiger charge is 2.38. The van der Waals surface area contributed by atoms with Gasteiger partial charge in [-0.2, -0.15) is 0 Å². The standard InChI is InChI=1S/C18H25BrN2O3S/c19-14-5-4-6-15(11-14)20-12-18(22)21(16-7-2-1-3-8-16)17-9-10-25(23,24)13-17/h4-6,11,16-17,20H,1-3,7-10,12-13H2. The largest absolute Gasteiger partial charge is 0.376 e. The molecular formula is C18H25BrN2O3S. The van der Waals surface area contributed by atoms with Crippen LogP contribution in [0.25, 0.3) is 0 Å². The molecule has 0 spiro atoms. The van der Waals surface area contributed by atoms with Crippen molar-refractivity contribution in [3.05, 3.63) is 28.7 Å². The molecule has 0 radical (unpaired) electrons. The second kappa shape index (κ2) is 8.08. The summed E-state index contributed by atoms with van der Waals surface area (Å²) in [5, 5.41) is 3.18. The number of rotatable bonds is 5. The number of benzene rings is 1. The van der Waals surface area contributed by atoms with E-state index in [2.05, 4.69) is 21.2 Å². The van der Waals surface area contributed by atoms with Crippen LogP contribution in [0.4, 0.5) is 5.69 Å². The Bertz CT molecular complexity index is 717. The molecule has 1 heterocycles. The monoisotopic (exact) mass is 428 g/mol. The summed E-state index contributed by atoms with van der Waals surface area (Å²) in [6.45, 7) is 0.198. The topological polar surface area (TPSA) is 66.5 Å². The van der Waals surface area contributed by atoms with Crippen molar-refractivity contribution in [1.82, 2.24) is 4.90 Å². The molecule has 1 N–H and O–H groups in total. The molecule has 1 aliphatic carbocycles. The van der Waals surface area contributed by atoms with Crippen molar-refractivity contribution in [3.63, 3.8) is 0 Å². The van der Waals surface area contributed by atoms with E-state index in [0.717, 1.165) is 35.8 Å². The summed E-state index contributed by atoms with van der Waals surface area (Å²) < 4.78 is 24.8. The van der Waals surface area contributed by atoms with Gasteiger partial charge >= 0.3 is 0 Å². The van der Waals surface area contributed by atoms with Gasteiger partial charge in [0.1, 0.15) is 0 Å². The molecule has 1 saturated heterocycles. The average Bonchev–Trinajstić information content (AvgIpc) is 2.94. The minimum absolute atomic E-state index is 0.00831. The number of halogens is 1. The molecule has 1 atom stereocenters. The number of carbonyl (C=O) groups is 1. The minimum atomic E-state index is -3.01. The van der Waals surface area contributed by atoms with Crippen molar-refractivity contribution in [3.8, 4) is 0 Å². The van der Waals surface area contributed by atoms with Crippen LogP contribution in [0.5, 0.6) is 0 Å². The number of nitrogens with zero attached hydrogens (tertiary/aromatic N) is 1. The van der Waals surface area contributed by atoms with Gasteiger partial charge in [-0.25, -0.2) is 8.42 Å². The summed E-state index contributed by atoms with van der Waals surface area (Å²) in [4.78, 5) is 14.9. The first kappa shape index (κ1) is 18.7. The number of sulfone groups is 1. The lowest BCUT2D eigenvalue weighted by atomic mass is 9.93. The Morgan fingerprint density at radius 3 is 2.56 bits per heavy atom. The van der Waals surface area contributed by atoms with Crippen LogP contribution >= 0.6 is 15.9 Å². The van der Waals surface area contributed by atoms with Gasteiger partial charge in [-0.3, -0.25) is 4.79 Å². The Morgan fingerprint density at radius 2 is 1.92 bits per heavy atom. The number of nitrogens with one attached hydrogen (secondary N) is 1. The van der Waals surface area contributed by atoms with Gasteiger partial charge in [0.25, 0.3) is 0 Å². The molecular weight excluding hydrogens is 404 g/mol. The zero-order chi connectivity index (χ0) is 17.9. The molecule has 25 heavy (non-hydrogen) atoms. The predicted molar refractivity (Wildman–Crippen MR) is 103 cm³/mol. The molecule has 1 aromatic carbocycles. The third-order valence-electron chi connectivity index (χ3n) is 5.13. The number of hydrogen-bond donors (Lipinski definition) is 1. The quantitative estimate of drug-likeness (QED) is 0.781. The highest BCUT2D eigenvalue weighted by molar-refractivity contribution is 9.10. The van der Waals surface area contributed by atoms with Crippen molar-refractivity contribution in [2.45, 2.75) is 50.6 Å². The van der Waals surface area contributed by atoms with Gasteiger partial charge in [-0.1, -0.05) is 41.3 Å². The Labute approximate surface area is 158 Å². The van der Waals surface area contributed by atoms with Crippen LogP contribution in [-0.2, 0) is 14.6 Å². The van der Waals surface area contributed by atoms with Crippen LogP contribution in [-0.4, -0.2) is 49.4 Å². The maximum Gasteiger partial charge on any atom is 0.242 e. The molecule has 2 aliphatic rings. The first-order valence-corrected chi connectivity index (χ1v) is 11.6. The second-order valence-electron chi connectivity index (χ2n) is 7.01. The maximum absolute atomic E-state index is 13.0. The van der Waals surface area contributed by atoms with Crippen molar-refractivity contribution >= 4 is 37.4 Å². The van der Waals surface area contributed by atoms with Crippen molar-refractivity contribution in [1.29, 1.82) is 0 Å². The fourth-order valence-corrected chi connectivity index (χ4v) is 6.04. The summed E-state index contributed by atoms with van der Waals surface area (Å²) in [7, 11) is -3.01. The minimum Gasteiger partial charge on any atom is -0.376 e. The molecule has 3 rings (SSSR count). The number of hydrogen-bond acceptors (Lipinski definition) is 4. The molecule has 0 aromatic heterocycles. The molecule has 1 saturated carbocycles. The van der Waals surface area contributed by atoms with Gasteiger partial charge < -0.3 is 10.2 Å². The van der Waals surface area contributed by atoms with E-state index in [1.165, 1.54) is 6.42 Å². The van der Waals surface area contributed by atoms with E-state index in [4.69, 9.17) is 0 Å². The molecule has 2 fully saturated rings. The van der Waals surface area contributed by atoms with Crippen LogP contribution in [0.3, 0.4) is 0 Å². The zero-order valence-electron chi connectivity index (χ0n) is 14.3. The lowest BCUT2D eigenvalue weighted by molar-refractivity contribution is -0.134. The second-order valence-corrected chi connectivity index (χ2v) is 10.2. The van der Waals surface area contributed by atoms with Gasteiger partial charge in [-0.15, -0.1) is 0 Å². The lowest BCUT2D eigenvalue weighted by Crippen LogP contribution is -2.50. The van der Waals surface area contributed by atoms with Crippen LogP contribution in [0.2, 0.25) is 0 Å². The number of amides is 1. The van der Waals surface area contributed by atoms with E-state index in [0.29, 0.717) is 6.42 Å². The van der Waals surface area contributed by atoms with E-state index in [9.17, 15) is 13.2 Å². The van der Waals surface area contributed by atoms with Crippen molar-refractivity contribution < 1.29 is 13.2 Å². The van der Waals surface area contributed by atoms with Gasteiger partial charge in [-0.05, 0) is 37.5 Å². The molecule has 5 nitrogen and oxygen atoms in total. The van der Waals surface area contributed by atoms with Crippen LogP contribution in [0.15, 0.2) is 28.7 Å². The van der Waals surface area contributed by atoms with Gasteiger partial charge in [0.2, 0.25) is 5.91 Å². The fourth-order valence-electron chi connectivity index (χ4n) is 3.93. The molecule has 1 aliphatic heterocycles. The van der Waals surface area contributed by atoms with Crippen LogP contribution in [0, 0.1) is 0 Å². The van der Waals surface area contributed by atoms with E-state index in [1.807, 2.05) is 29.2 Å². The smallest absolute Gasteiger partial charge is 0.242 e. The summed E-state index contributed by atoms with van der Waals surface area (Å²) >= 11 is 3.43. The summed E-state index contributed by atoms with van der Waals surface area (Å²) in [6.07, 6.45) is 5.98. The molecule has 0 bridgehead atoms. The van der Waals surface area contributed by atoms with Crippen LogP contribution < -0.4 is 5.32 Å². The molecule has 1 unspecified atom stereocenters. The van der Waals surface area contributed by atoms with Crippen LogP contribution in [0.1, 0.15) is 38.5 Å². The normalized spacial score (nSPS) is 23.3. The van der Waals surface area contributed by atoms with E-state index in [1.54, 1.807) is 0 Å². The third kappa shape index (κ3) is 4.97. The Morgan fingerprint density at radius 1 is 1.16 bits per heavy atom. The zero-order valence-corrected chi connectivity index (χ0v) is 16.7. The van der Waals surface area contributed by atoms with E-state index >= 15 is 0 Å². The highest BCUT2D eigenvalue weighted by Crippen LogP contribution is 2.28. The Hall–Kier alpha value is -1.08. The van der Waals surface area contributed by atoms with Gasteiger partial charge in [0.15, 0.2) is 9.84 Å². The Kier molecular flexibility index (Phi) is 6.04. The van der Waals surface area contributed by atoms with E-state index in [-0.39, 0.29) is 36.0 Å². The lowest BCUT2D eigenvalue weighted by Gasteiger charge is -2.38. The highest BCUT2D eigenvalue weighted by atomic mass is 79.9. The fraction of sp³-hybridized carbons (Fsp3) is 0.611.